The number of aryl methyl sites for hydroxylation is 1. The number of halogens is 1. The first-order valence-electron chi connectivity index (χ1n) is 6.27. The molecule has 0 aliphatic carbocycles. The Labute approximate surface area is 120 Å². The Bertz CT molecular complexity index is 673. The Morgan fingerprint density at radius 2 is 2.05 bits per heavy atom. The first-order chi connectivity index (χ1) is 10.0. The van der Waals surface area contributed by atoms with Crippen LogP contribution in [0.1, 0.15) is 16.7 Å². The predicted octanol–water partition coefficient (Wildman–Crippen LogP) is 3.11. The van der Waals surface area contributed by atoms with Crippen LogP contribution in [0.5, 0.6) is 5.75 Å². The van der Waals surface area contributed by atoms with E-state index in [-0.39, 0.29) is 30.5 Å². The van der Waals surface area contributed by atoms with Crippen LogP contribution in [0.2, 0.25) is 0 Å². The predicted molar refractivity (Wildman–Crippen MR) is 74.5 cm³/mol. The third kappa shape index (κ3) is 3.55. The number of nitrogens with zero attached hydrogens (tertiary/aromatic N) is 1. The Balaban J connectivity index is 2.21. The first-order valence-corrected chi connectivity index (χ1v) is 6.27. The number of aliphatic hydroxyl groups excluding tert-OH is 1. The van der Waals surface area contributed by atoms with Crippen molar-refractivity contribution in [2.24, 2.45) is 0 Å². The van der Waals surface area contributed by atoms with Crippen LogP contribution in [0.3, 0.4) is 0 Å². The Hall–Kier alpha value is -2.47. The van der Waals surface area contributed by atoms with Gasteiger partial charge in [-0.3, -0.25) is 10.1 Å². The van der Waals surface area contributed by atoms with Crippen LogP contribution in [-0.2, 0) is 13.2 Å². The van der Waals surface area contributed by atoms with Crippen molar-refractivity contribution in [2.75, 3.05) is 0 Å². The summed E-state index contributed by atoms with van der Waals surface area (Å²) in [5.41, 5.74) is 1.69. The van der Waals surface area contributed by atoms with Crippen molar-refractivity contribution in [1.29, 1.82) is 0 Å². The molecule has 0 fully saturated rings. The van der Waals surface area contributed by atoms with Crippen LogP contribution in [0.15, 0.2) is 36.4 Å². The molecule has 1 N–H and O–H groups in total. The summed E-state index contributed by atoms with van der Waals surface area (Å²) in [6, 6.07) is 8.55. The molecule has 0 atom stereocenters. The molecule has 0 aliphatic rings. The number of nitro benzene ring substituents is 1. The van der Waals surface area contributed by atoms with Gasteiger partial charge in [0, 0.05) is 6.07 Å². The van der Waals surface area contributed by atoms with Gasteiger partial charge < -0.3 is 9.84 Å². The highest BCUT2D eigenvalue weighted by molar-refractivity contribution is 5.48. The fraction of sp³-hybridized carbons (Fsp3) is 0.200. The van der Waals surface area contributed by atoms with Crippen LogP contribution in [0, 0.1) is 22.9 Å². The molecule has 2 aromatic rings. The lowest BCUT2D eigenvalue weighted by atomic mass is 10.1. The molecule has 6 heteroatoms. The van der Waals surface area contributed by atoms with Crippen LogP contribution in [0.4, 0.5) is 10.1 Å². The van der Waals surface area contributed by atoms with Gasteiger partial charge in [-0.25, -0.2) is 4.39 Å². The average Bonchev–Trinajstić information content (AvgIpc) is 2.46. The Kier molecular flexibility index (Phi) is 4.49. The maximum Gasteiger partial charge on any atom is 0.311 e. The summed E-state index contributed by atoms with van der Waals surface area (Å²) in [4.78, 5) is 10.4. The zero-order valence-corrected chi connectivity index (χ0v) is 11.4. The molecule has 0 unspecified atom stereocenters. The van der Waals surface area contributed by atoms with Crippen LogP contribution in [0.25, 0.3) is 0 Å². The van der Waals surface area contributed by atoms with E-state index in [0.717, 1.165) is 5.56 Å². The number of rotatable bonds is 5. The number of hydrogen-bond acceptors (Lipinski definition) is 4. The van der Waals surface area contributed by atoms with Gasteiger partial charge >= 0.3 is 5.69 Å². The molecule has 0 heterocycles. The molecule has 5 nitrogen and oxygen atoms in total. The number of ether oxygens (including phenoxy) is 1. The largest absolute Gasteiger partial charge is 0.482 e. The maximum absolute atomic E-state index is 13.0. The fourth-order valence-electron chi connectivity index (χ4n) is 1.90. The monoisotopic (exact) mass is 291 g/mol. The molecule has 110 valence electrons. The molecule has 2 rings (SSSR count). The summed E-state index contributed by atoms with van der Waals surface area (Å²) in [5.74, 6) is -0.226. The van der Waals surface area contributed by atoms with Gasteiger partial charge in [-0.2, -0.15) is 0 Å². The van der Waals surface area contributed by atoms with E-state index in [0.29, 0.717) is 11.1 Å². The van der Waals surface area contributed by atoms with E-state index in [2.05, 4.69) is 0 Å². The maximum atomic E-state index is 13.0. The summed E-state index contributed by atoms with van der Waals surface area (Å²) in [6.45, 7) is 1.56. The molecule has 0 radical (unpaired) electrons. The van der Waals surface area contributed by atoms with E-state index in [9.17, 15) is 14.5 Å². The van der Waals surface area contributed by atoms with Gasteiger partial charge in [0.1, 0.15) is 12.4 Å². The normalized spacial score (nSPS) is 10.4. The average molecular weight is 291 g/mol. The van der Waals surface area contributed by atoms with Gasteiger partial charge in [0.25, 0.3) is 0 Å². The van der Waals surface area contributed by atoms with Crippen molar-refractivity contribution >= 4 is 5.69 Å². The smallest absolute Gasteiger partial charge is 0.311 e. The zero-order valence-electron chi connectivity index (χ0n) is 11.4. The SMILES string of the molecule is Cc1cc(F)ccc1COc1ccc(CO)cc1[N+](=O)[O-]. The minimum atomic E-state index is -0.563. The number of hydrogen-bond donors (Lipinski definition) is 1. The van der Waals surface area contributed by atoms with E-state index < -0.39 is 4.92 Å². The van der Waals surface area contributed by atoms with Crippen molar-refractivity contribution in [3.8, 4) is 5.75 Å². The highest BCUT2D eigenvalue weighted by Gasteiger charge is 2.16. The minimum Gasteiger partial charge on any atom is -0.482 e. The molecule has 0 bridgehead atoms. The molecule has 21 heavy (non-hydrogen) atoms. The van der Waals surface area contributed by atoms with Crippen molar-refractivity contribution < 1.29 is 19.2 Å². The molecule has 0 saturated carbocycles. The second-order valence-electron chi connectivity index (χ2n) is 4.58. The van der Waals surface area contributed by atoms with E-state index in [1.165, 1.54) is 24.3 Å². The zero-order chi connectivity index (χ0) is 15.4. The van der Waals surface area contributed by atoms with Gasteiger partial charge in [0.05, 0.1) is 11.5 Å². The topological polar surface area (TPSA) is 72.6 Å². The molecule has 0 aromatic heterocycles. The second-order valence-corrected chi connectivity index (χ2v) is 4.58. The Morgan fingerprint density at radius 1 is 1.29 bits per heavy atom. The van der Waals surface area contributed by atoms with Gasteiger partial charge in [-0.15, -0.1) is 0 Å². The first kappa shape index (κ1) is 14.9. The van der Waals surface area contributed by atoms with Crippen molar-refractivity contribution in [1.82, 2.24) is 0 Å². The summed E-state index contributed by atoms with van der Waals surface area (Å²) >= 11 is 0. The Morgan fingerprint density at radius 3 is 2.67 bits per heavy atom. The molecule has 0 aliphatic heterocycles. The number of aliphatic hydroxyl groups is 1. The van der Waals surface area contributed by atoms with Crippen LogP contribution in [-0.4, -0.2) is 10.0 Å². The third-order valence-electron chi connectivity index (χ3n) is 3.09. The van der Waals surface area contributed by atoms with Crippen molar-refractivity contribution in [2.45, 2.75) is 20.1 Å². The molecule has 0 amide bonds. The van der Waals surface area contributed by atoms with E-state index >= 15 is 0 Å². The highest BCUT2D eigenvalue weighted by Crippen LogP contribution is 2.29. The standard InChI is InChI=1S/C15H14FNO4/c1-10-6-13(16)4-3-12(10)9-21-15-5-2-11(8-18)7-14(15)17(19)20/h2-7,18H,8-9H2,1H3. The number of benzene rings is 2. The van der Waals surface area contributed by atoms with Crippen molar-refractivity contribution in [3.05, 3.63) is 69.0 Å². The molecule has 0 saturated heterocycles. The van der Waals surface area contributed by atoms with E-state index in [1.54, 1.807) is 19.1 Å². The fourth-order valence-corrected chi connectivity index (χ4v) is 1.90. The van der Waals surface area contributed by atoms with Gasteiger partial charge in [-0.1, -0.05) is 12.1 Å². The third-order valence-corrected chi connectivity index (χ3v) is 3.09. The van der Waals surface area contributed by atoms with Crippen molar-refractivity contribution in [3.63, 3.8) is 0 Å². The summed E-state index contributed by atoms with van der Waals surface area (Å²) in [7, 11) is 0. The lowest BCUT2D eigenvalue weighted by Crippen LogP contribution is -2.01. The minimum absolute atomic E-state index is 0.103. The van der Waals surface area contributed by atoms with Crippen LogP contribution < -0.4 is 4.74 Å². The number of nitro groups is 1. The van der Waals surface area contributed by atoms with Gasteiger partial charge in [-0.05, 0) is 41.8 Å². The lowest BCUT2D eigenvalue weighted by molar-refractivity contribution is -0.386. The molecular weight excluding hydrogens is 277 g/mol. The molecule has 2 aromatic carbocycles. The summed E-state index contributed by atoms with van der Waals surface area (Å²) in [5, 5.41) is 20.0. The second kappa shape index (κ2) is 6.32. The van der Waals surface area contributed by atoms with Gasteiger partial charge in [0.2, 0.25) is 0 Å². The summed E-state index contributed by atoms with van der Waals surface area (Å²) < 4.78 is 18.5. The molecular formula is C15H14FNO4. The quantitative estimate of drug-likeness (QED) is 0.678. The highest BCUT2D eigenvalue weighted by atomic mass is 19.1. The van der Waals surface area contributed by atoms with E-state index in [1.807, 2.05) is 0 Å². The van der Waals surface area contributed by atoms with Crippen LogP contribution >= 0.6 is 0 Å². The summed E-state index contributed by atoms with van der Waals surface area (Å²) in [6.07, 6.45) is 0. The van der Waals surface area contributed by atoms with E-state index in [4.69, 9.17) is 9.84 Å². The van der Waals surface area contributed by atoms with Gasteiger partial charge in [0.15, 0.2) is 5.75 Å². The lowest BCUT2D eigenvalue weighted by Gasteiger charge is -2.10. The molecule has 0 spiro atoms.